The lowest BCUT2D eigenvalue weighted by Crippen LogP contribution is -2.30. The van der Waals surface area contributed by atoms with Gasteiger partial charge in [-0.2, -0.15) is 13.2 Å². The molecule has 1 aliphatic heterocycles. The van der Waals surface area contributed by atoms with Crippen LogP contribution in [0.4, 0.5) is 13.2 Å². The third-order valence-electron chi connectivity index (χ3n) is 4.94. The van der Waals surface area contributed by atoms with Gasteiger partial charge < -0.3 is 20.5 Å². The van der Waals surface area contributed by atoms with Gasteiger partial charge in [-0.25, -0.2) is 4.79 Å². The lowest BCUT2D eigenvalue weighted by atomic mass is 9.86. The second kappa shape index (κ2) is 9.15. The average molecular weight is 457 g/mol. The number of aromatic hydroxyl groups is 1. The third-order valence-corrected chi connectivity index (χ3v) is 5.34. The molecule has 1 amide bonds. The van der Waals surface area contributed by atoms with Crippen LogP contribution in [0.15, 0.2) is 30.3 Å². The number of carbonyl (C=O) groups is 2. The first-order chi connectivity index (χ1) is 14.6. The van der Waals surface area contributed by atoms with E-state index in [-0.39, 0.29) is 28.8 Å². The van der Waals surface area contributed by atoms with Gasteiger partial charge in [-0.05, 0) is 54.8 Å². The fraction of sp³-hybridized carbons (Fsp3) is 0.333. The Kier molecular flexibility index (Phi) is 6.76. The van der Waals surface area contributed by atoms with Crippen LogP contribution in [-0.2, 0) is 11.2 Å². The summed E-state index contributed by atoms with van der Waals surface area (Å²) >= 11 is 6.43. The summed E-state index contributed by atoms with van der Waals surface area (Å²) in [6, 6.07) is 7.90. The molecular weight excluding hydrogens is 437 g/mol. The molecule has 166 valence electrons. The van der Waals surface area contributed by atoms with Crippen LogP contribution < -0.4 is 15.4 Å². The Morgan fingerprint density at radius 1 is 1.29 bits per heavy atom. The maximum atomic E-state index is 12.8. The van der Waals surface area contributed by atoms with Gasteiger partial charge in [0.2, 0.25) is 0 Å². The number of rotatable bonds is 4. The van der Waals surface area contributed by atoms with Crippen molar-refractivity contribution in [2.45, 2.75) is 25.4 Å². The number of ether oxygens (including phenoxy) is 1. The molecule has 0 radical (unpaired) electrons. The van der Waals surface area contributed by atoms with Crippen LogP contribution in [0.1, 0.15) is 39.9 Å². The van der Waals surface area contributed by atoms with Crippen molar-refractivity contribution in [1.29, 1.82) is 0 Å². The average Bonchev–Trinajstić information content (AvgIpc) is 2.92. The monoisotopic (exact) mass is 456 g/mol. The predicted molar refractivity (Wildman–Crippen MR) is 108 cm³/mol. The summed E-state index contributed by atoms with van der Waals surface area (Å²) in [5.41, 5.74) is 1.68. The third kappa shape index (κ3) is 4.94. The van der Waals surface area contributed by atoms with E-state index in [0.717, 1.165) is 5.56 Å². The van der Waals surface area contributed by atoms with Crippen molar-refractivity contribution < 1.29 is 32.6 Å². The fourth-order valence-electron chi connectivity index (χ4n) is 3.50. The highest BCUT2D eigenvalue weighted by Gasteiger charge is 2.42. The summed E-state index contributed by atoms with van der Waals surface area (Å²) in [6.45, 7) is 2.82. The number of alkyl halides is 3. The Morgan fingerprint density at radius 2 is 1.97 bits per heavy atom. The van der Waals surface area contributed by atoms with Crippen LogP contribution >= 0.6 is 11.6 Å². The highest BCUT2D eigenvalue weighted by atomic mass is 35.5. The number of amides is 1. The molecule has 0 bridgehead atoms. The van der Waals surface area contributed by atoms with Crippen LogP contribution in [0.2, 0.25) is 5.02 Å². The lowest BCUT2D eigenvalue weighted by Gasteiger charge is -2.22. The highest BCUT2D eigenvalue weighted by molar-refractivity contribution is 6.34. The Balaban J connectivity index is 2.18. The second-order valence-corrected chi connectivity index (χ2v) is 7.36. The molecular formula is C21H20ClF3N2O4. The number of esters is 1. The molecule has 2 aromatic carbocycles. The first kappa shape index (κ1) is 22.9. The molecule has 31 heavy (non-hydrogen) atoms. The predicted octanol–water partition coefficient (Wildman–Crippen LogP) is 3.54. The van der Waals surface area contributed by atoms with Gasteiger partial charge in [0, 0.05) is 19.0 Å². The van der Waals surface area contributed by atoms with E-state index in [0.29, 0.717) is 30.6 Å². The SMILES string of the molecule is CCNC(=O)c1cc2c(c(Cl)c1OC(=O)C(F)(F)F)CCNC[C@@H]2c1ccc(O)cc1. The molecule has 2 aromatic rings. The molecule has 6 nitrogen and oxygen atoms in total. The molecule has 1 heterocycles. The Hall–Kier alpha value is -2.78. The van der Waals surface area contributed by atoms with E-state index in [1.807, 2.05) is 0 Å². The Labute approximate surface area is 181 Å². The maximum Gasteiger partial charge on any atom is 0.491 e. The Bertz CT molecular complexity index is 994. The number of hydrogen-bond acceptors (Lipinski definition) is 5. The van der Waals surface area contributed by atoms with E-state index in [1.165, 1.54) is 18.2 Å². The van der Waals surface area contributed by atoms with Crippen LogP contribution in [0.5, 0.6) is 11.5 Å². The van der Waals surface area contributed by atoms with E-state index < -0.39 is 23.8 Å². The number of carbonyl (C=O) groups excluding carboxylic acids is 2. The number of benzene rings is 2. The molecule has 0 saturated heterocycles. The molecule has 1 aliphatic rings. The lowest BCUT2D eigenvalue weighted by molar-refractivity contribution is -0.189. The van der Waals surface area contributed by atoms with Crippen molar-refractivity contribution in [1.82, 2.24) is 10.6 Å². The second-order valence-electron chi connectivity index (χ2n) is 6.98. The summed E-state index contributed by atoms with van der Waals surface area (Å²) in [5.74, 6) is -3.99. The quantitative estimate of drug-likeness (QED) is 0.484. The van der Waals surface area contributed by atoms with E-state index in [4.69, 9.17) is 11.6 Å². The molecule has 3 rings (SSSR count). The zero-order valence-corrected chi connectivity index (χ0v) is 17.2. The number of phenols is 1. The van der Waals surface area contributed by atoms with Crippen molar-refractivity contribution in [3.63, 3.8) is 0 Å². The van der Waals surface area contributed by atoms with Gasteiger partial charge >= 0.3 is 12.1 Å². The minimum Gasteiger partial charge on any atom is -0.508 e. The molecule has 10 heteroatoms. The standard InChI is InChI=1S/C21H20ClF3N2O4/c1-2-27-19(29)15-9-14-13(17(22)18(15)31-20(30)21(23,24)25)7-8-26-10-16(14)11-3-5-12(28)6-4-11/h3-6,9,16,26,28H,2,7-8,10H2,1H3,(H,27,29)/t16-/m1/s1. The summed E-state index contributed by atoms with van der Waals surface area (Å²) in [7, 11) is 0. The van der Waals surface area contributed by atoms with Gasteiger partial charge in [0.05, 0.1) is 10.6 Å². The maximum absolute atomic E-state index is 12.8. The topological polar surface area (TPSA) is 87.7 Å². The minimum atomic E-state index is -5.25. The largest absolute Gasteiger partial charge is 0.508 e. The first-order valence-corrected chi connectivity index (χ1v) is 9.93. The number of phenolic OH excluding ortho intramolecular Hbond substituents is 1. The fourth-order valence-corrected chi connectivity index (χ4v) is 3.85. The highest BCUT2D eigenvalue weighted by Crippen LogP contribution is 2.41. The van der Waals surface area contributed by atoms with Crippen molar-refractivity contribution in [2.24, 2.45) is 0 Å². The molecule has 0 aromatic heterocycles. The van der Waals surface area contributed by atoms with E-state index >= 15 is 0 Å². The van der Waals surface area contributed by atoms with E-state index in [9.17, 15) is 27.9 Å². The van der Waals surface area contributed by atoms with Crippen molar-refractivity contribution in [2.75, 3.05) is 19.6 Å². The number of nitrogens with one attached hydrogen (secondary N) is 2. The summed E-state index contributed by atoms with van der Waals surface area (Å²) < 4.78 is 43.0. The van der Waals surface area contributed by atoms with Crippen molar-refractivity contribution in [3.05, 3.63) is 57.6 Å². The molecule has 0 aliphatic carbocycles. The number of hydrogen-bond donors (Lipinski definition) is 3. The van der Waals surface area contributed by atoms with Gasteiger partial charge in [-0.3, -0.25) is 4.79 Å². The van der Waals surface area contributed by atoms with Crippen LogP contribution in [0.25, 0.3) is 0 Å². The molecule has 3 N–H and O–H groups in total. The Morgan fingerprint density at radius 3 is 2.58 bits per heavy atom. The molecule has 0 spiro atoms. The van der Waals surface area contributed by atoms with Crippen molar-refractivity contribution >= 4 is 23.5 Å². The van der Waals surface area contributed by atoms with Gasteiger partial charge in [0.15, 0.2) is 5.75 Å². The normalized spacial score (nSPS) is 16.2. The zero-order chi connectivity index (χ0) is 22.8. The number of halogens is 4. The van der Waals surface area contributed by atoms with Crippen LogP contribution in [-0.4, -0.2) is 42.8 Å². The molecule has 0 saturated carbocycles. The molecule has 1 atom stereocenters. The minimum absolute atomic E-state index is 0.0843. The number of fused-ring (bicyclic) bond motifs is 1. The van der Waals surface area contributed by atoms with Gasteiger partial charge in [-0.1, -0.05) is 23.7 Å². The summed E-state index contributed by atoms with van der Waals surface area (Å²) in [6.07, 6.45) is -4.89. The first-order valence-electron chi connectivity index (χ1n) is 9.55. The van der Waals surface area contributed by atoms with Crippen molar-refractivity contribution in [3.8, 4) is 11.5 Å². The van der Waals surface area contributed by atoms with Gasteiger partial charge in [-0.15, -0.1) is 0 Å². The summed E-state index contributed by atoms with van der Waals surface area (Å²) in [4.78, 5) is 24.1. The van der Waals surface area contributed by atoms with E-state index in [1.54, 1.807) is 19.1 Å². The van der Waals surface area contributed by atoms with Crippen LogP contribution in [0.3, 0.4) is 0 Å². The van der Waals surface area contributed by atoms with Gasteiger partial charge in [0.1, 0.15) is 5.75 Å². The van der Waals surface area contributed by atoms with E-state index in [2.05, 4.69) is 15.4 Å². The summed E-state index contributed by atoms with van der Waals surface area (Å²) in [5, 5.41) is 15.1. The smallest absolute Gasteiger partial charge is 0.491 e. The molecule has 0 fully saturated rings. The van der Waals surface area contributed by atoms with Gasteiger partial charge in [0.25, 0.3) is 5.91 Å². The zero-order valence-electron chi connectivity index (χ0n) is 16.5. The molecule has 0 unspecified atom stereocenters. The van der Waals surface area contributed by atoms with Crippen LogP contribution in [0, 0.1) is 0 Å².